The first-order valence-corrected chi connectivity index (χ1v) is 6.06. The summed E-state index contributed by atoms with van der Waals surface area (Å²) >= 11 is 0. The predicted molar refractivity (Wildman–Crippen MR) is 49.0 cm³/mol. The molecule has 0 aliphatic carbocycles. The highest BCUT2D eigenvalue weighted by molar-refractivity contribution is 7.89. The smallest absolute Gasteiger partial charge is 0.154 e. The minimum Gasteiger partial charge on any atom is -0.315 e. The van der Waals surface area contributed by atoms with Gasteiger partial charge >= 0.3 is 0 Å². The molecule has 1 rings (SSSR count). The molecule has 0 unspecified atom stereocenters. The topological polar surface area (TPSA) is 64.8 Å². The van der Waals surface area contributed by atoms with Crippen molar-refractivity contribution in [3.8, 4) is 0 Å². The minimum atomic E-state index is -3.02. The largest absolute Gasteiger partial charge is 0.315 e. The van der Waals surface area contributed by atoms with Crippen LogP contribution in [0.3, 0.4) is 0 Å². The number of sulfone groups is 1. The second-order valence-corrected chi connectivity index (χ2v) is 5.12. The van der Waals surface area contributed by atoms with E-state index in [0.29, 0.717) is 12.4 Å². The molecule has 0 saturated heterocycles. The van der Waals surface area contributed by atoms with E-state index < -0.39 is 9.84 Å². The molecule has 0 amide bonds. The molecular formula is C7H13N3O2S. The van der Waals surface area contributed by atoms with Gasteiger partial charge in [-0.3, -0.25) is 0 Å². The van der Waals surface area contributed by atoms with E-state index in [4.69, 9.17) is 0 Å². The Balaban J connectivity index is 3.02. The van der Waals surface area contributed by atoms with Crippen molar-refractivity contribution in [1.82, 2.24) is 14.8 Å². The fraction of sp³-hybridized carbons (Fsp3) is 0.714. The Hall–Kier alpha value is -0.910. The zero-order valence-corrected chi connectivity index (χ0v) is 8.80. The molecule has 0 aliphatic rings. The maximum atomic E-state index is 11.0. The van der Waals surface area contributed by atoms with Crippen LogP contribution in [0.5, 0.6) is 0 Å². The molecule has 0 atom stereocenters. The molecule has 1 aromatic rings. The van der Waals surface area contributed by atoms with E-state index in [1.165, 1.54) is 6.26 Å². The lowest BCUT2D eigenvalue weighted by atomic mass is 10.5. The van der Waals surface area contributed by atoms with Crippen LogP contribution in [-0.2, 0) is 22.1 Å². The Morgan fingerprint density at radius 2 is 2.00 bits per heavy atom. The second-order valence-electron chi connectivity index (χ2n) is 2.98. The van der Waals surface area contributed by atoms with E-state index >= 15 is 0 Å². The molecule has 0 spiro atoms. The van der Waals surface area contributed by atoms with Gasteiger partial charge in [-0.15, -0.1) is 10.2 Å². The van der Waals surface area contributed by atoms with Crippen LogP contribution < -0.4 is 0 Å². The average molecular weight is 203 g/mol. The fourth-order valence-corrected chi connectivity index (χ4v) is 1.86. The van der Waals surface area contributed by atoms with Crippen molar-refractivity contribution in [2.45, 2.75) is 26.1 Å². The van der Waals surface area contributed by atoms with Crippen molar-refractivity contribution in [3.05, 3.63) is 11.6 Å². The van der Waals surface area contributed by atoms with Gasteiger partial charge in [-0.25, -0.2) is 8.42 Å². The van der Waals surface area contributed by atoms with Gasteiger partial charge in [-0.05, 0) is 13.8 Å². The lowest BCUT2D eigenvalue weighted by molar-refractivity contribution is 0.596. The van der Waals surface area contributed by atoms with Gasteiger partial charge < -0.3 is 4.57 Å². The molecule has 0 saturated carbocycles. The Morgan fingerprint density at radius 3 is 2.46 bits per heavy atom. The quantitative estimate of drug-likeness (QED) is 0.701. The summed E-state index contributed by atoms with van der Waals surface area (Å²) in [6.45, 7) is 4.44. The first-order valence-electron chi connectivity index (χ1n) is 4.00. The summed E-state index contributed by atoms with van der Waals surface area (Å²) in [5, 5.41) is 7.63. The molecule has 1 heterocycles. The van der Waals surface area contributed by atoms with Crippen LogP contribution in [0.4, 0.5) is 0 Å². The van der Waals surface area contributed by atoms with E-state index in [1.807, 2.05) is 13.8 Å². The van der Waals surface area contributed by atoms with Gasteiger partial charge in [0, 0.05) is 12.8 Å². The van der Waals surface area contributed by atoms with Crippen LogP contribution in [0.1, 0.15) is 18.6 Å². The maximum absolute atomic E-state index is 11.0. The summed E-state index contributed by atoms with van der Waals surface area (Å²) in [6.07, 6.45) is 1.19. The Bertz CT molecular complexity index is 394. The number of rotatable bonds is 3. The van der Waals surface area contributed by atoms with Crippen LogP contribution in [0.25, 0.3) is 0 Å². The van der Waals surface area contributed by atoms with Gasteiger partial charge in [0.25, 0.3) is 0 Å². The van der Waals surface area contributed by atoms with Crippen LogP contribution in [-0.4, -0.2) is 29.4 Å². The summed E-state index contributed by atoms with van der Waals surface area (Å²) in [4.78, 5) is 0. The van der Waals surface area contributed by atoms with Gasteiger partial charge in [0.15, 0.2) is 9.84 Å². The normalized spacial score (nSPS) is 11.9. The Labute approximate surface area is 77.7 Å². The molecule has 1 aromatic heterocycles. The minimum absolute atomic E-state index is 0.0400. The van der Waals surface area contributed by atoms with Crippen molar-refractivity contribution in [1.29, 1.82) is 0 Å². The molecule has 0 bridgehead atoms. The van der Waals surface area contributed by atoms with E-state index in [-0.39, 0.29) is 5.75 Å². The van der Waals surface area contributed by atoms with Gasteiger partial charge in [0.05, 0.1) is 0 Å². The first kappa shape index (κ1) is 10.2. The SMILES string of the molecule is CCn1c(C)nnc1CS(C)(=O)=O. The van der Waals surface area contributed by atoms with Crippen molar-refractivity contribution in [2.24, 2.45) is 0 Å². The monoisotopic (exact) mass is 203 g/mol. The third-order valence-corrected chi connectivity index (χ3v) is 2.50. The van der Waals surface area contributed by atoms with Gasteiger partial charge in [0.2, 0.25) is 0 Å². The average Bonchev–Trinajstić information content (AvgIpc) is 2.28. The molecule has 0 aromatic carbocycles. The molecule has 5 nitrogen and oxygen atoms in total. The third kappa shape index (κ3) is 2.51. The molecule has 13 heavy (non-hydrogen) atoms. The molecule has 0 radical (unpaired) electrons. The molecule has 6 heteroatoms. The van der Waals surface area contributed by atoms with Crippen LogP contribution >= 0.6 is 0 Å². The van der Waals surface area contributed by atoms with E-state index in [9.17, 15) is 8.42 Å². The van der Waals surface area contributed by atoms with E-state index in [2.05, 4.69) is 10.2 Å². The predicted octanol–water partition coefficient (Wildman–Crippen LogP) is 0.151. The number of hydrogen-bond acceptors (Lipinski definition) is 4. The molecular weight excluding hydrogens is 190 g/mol. The number of hydrogen-bond donors (Lipinski definition) is 0. The number of nitrogens with zero attached hydrogens (tertiary/aromatic N) is 3. The molecule has 0 N–H and O–H groups in total. The molecule has 0 fully saturated rings. The zero-order chi connectivity index (χ0) is 10.1. The van der Waals surface area contributed by atoms with Crippen molar-refractivity contribution in [2.75, 3.05) is 6.26 Å². The van der Waals surface area contributed by atoms with Crippen LogP contribution in [0.2, 0.25) is 0 Å². The molecule has 0 aliphatic heterocycles. The lowest BCUT2D eigenvalue weighted by Gasteiger charge is -2.03. The Kier molecular flexibility index (Phi) is 2.70. The number of aromatic nitrogens is 3. The zero-order valence-electron chi connectivity index (χ0n) is 7.98. The van der Waals surface area contributed by atoms with Gasteiger partial charge in [-0.1, -0.05) is 0 Å². The summed E-state index contributed by atoms with van der Waals surface area (Å²) in [6, 6.07) is 0. The van der Waals surface area contributed by atoms with Crippen molar-refractivity contribution < 1.29 is 8.42 Å². The first-order chi connectivity index (χ1) is 5.94. The third-order valence-electron chi connectivity index (χ3n) is 1.72. The summed E-state index contributed by atoms with van der Waals surface area (Å²) < 4.78 is 23.8. The van der Waals surface area contributed by atoms with Crippen LogP contribution in [0.15, 0.2) is 0 Å². The standard InChI is InChI=1S/C7H13N3O2S/c1-4-10-6(2)8-9-7(10)5-13(3,11)12/h4-5H2,1-3H3. The Morgan fingerprint density at radius 1 is 1.38 bits per heavy atom. The fourth-order valence-electron chi connectivity index (χ4n) is 1.18. The lowest BCUT2D eigenvalue weighted by Crippen LogP contribution is -2.09. The highest BCUT2D eigenvalue weighted by Crippen LogP contribution is 2.04. The summed E-state index contributed by atoms with van der Waals surface area (Å²) in [5.74, 6) is 1.23. The van der Waals surface area contributed by atoms with Crippen molar-refractivity contribution in [3.63, 3.8) is 0 Å². The highest BCUT2D eigenvalue weighted by atomic mass is 32.2. The van der Waals surface area contributed by atoms with Gasteiger partial charge in [-0.2, -0.15) is 0 Å². The number of aryl methyl sites for hydroxylation is 1. The summed E-state index contributed by atoms with van der Waals surface area (Å²) in [7, 11) is -3.02. The van der Waals surface area contributed by atoms with E-state index in [1.54, 1.807) is 4.57 Å². The van der Waals surface area contributed by atoms with Gasteiger partial charge in [0.1, 0.15) is 17.4 Å². The van der Waals surface area contributed by atoms with Crippen LogP contribution in [0, 0.1) is 6.92 Å². The van der Waals surface area contributed by atoms with Crippen molar-refractivity contribution >= 4 is 9.84 Å². The highest BCUT2D eigenvalue weighted by Gasteiger charge is 2.12. The van der Waals surface area contributed by atoms with E-state index in [0.717, 1.165) is 5.82 Å². The summed E-state index contributed by atoms with van der Waals surface area (Å²) in [5.41, 5.74) is 0. The molecule has 74 valence electrons. The second kappa shape index (κ2) is 3.45. The maximum Gasteiger partial charge on any atom is 0.154 e.